The summed E-state index contributed by atoms with van der Waals surface area (Å²) in [4.78, 5) is 5.12. The first-order valence-electron chi connectivity index (χ1n) is 25.3. The second kappa shape index (κ2) is 17.3. The normalized spacial score (nSPS) is 17.7. The molecule has 72 heavy (non-hydrogen) atoms. The van der Waals surface area contributed by atoms with Crippen LogP contribution in [-0.4, -0.2) is 16.2 Å². The Balaban J connectivity index is 0.00000596. The van der Waals surface area contributed by atoms with Crippen molar-refractivity contribution in [2.75, 3.05) is 6.67 Å². The molecule has 5 nitrogen and oxygen atoms in total. The van der Waals surface area contributed by atoms with Crippen LogP contribution in [0.25, 0.3) is 49.9 Å². The Bertz CT molecular complexity index is 3530. The standard InChI is InChI=1S/C66H67N4O.Pt/c1-43-33-61(67-40-57(43)44-27-29-46(30-28-44)63(2,3)4)68-58-25-15-14-23-55(58)56-32-31-53(39-59(56)68)71-52-22-17-21-50(38-52)69-41-70(42-69,51-36-48(65(8,9)10)35-49(37-51)66(11,12)13)62-54(24-18-26-60(62)69)45-19-16-20-47(34-45)64(5,6)7;/h14-37,40-41H,42H2,1-13H3;/q-1;/t69-,70+;/m1./s1. The molecule has 368 valence electrons. The van der Waals surface area contributed by atoms with Gasteiger partial charge in [0.05, 0.1) is 6.67 Å². The molecule has 3 aliphatic rings. The minimum absolute atomic E-state index is 0. The fourth-order valence-electron chi connectivity index (χ4n) is 11.0. The Kier molecular flexibility index (Phi) is 11.9. The van der Waals surface area contributed by atoms with Crippen LogP contribution in [0.2, 0.25) is 0 Å². The van der Waals surface area contributed by atoms with Crippen molar-refractivity contribution >= 4 is 44.6 Å². The Morgan fingerprint density at radius 1 is 0.542 bits per heavy atom. The number of fused-ring (bicyclic) bond motifs is 3. The van der Waals surface area contributed by atoms with Gasteiger partial charge in [0.1, 0.15) is 11.5 Å². The van der Waals surface area contributed by atoms with Crippen LogP contribution >= 0.6 is 0 Å². The molecule has 2 atom stereocenters. The first-order valence-corrected chi connectivity index (χ1v) is 25.3. The molecule has 0 aliphatic carbocycles. The zero-order valence-corrected chi connectivity index (χ0v) is 46.5. The van der Waals surface area contributed by atoms with E-state index in [0.717, 1.165) is 56.7 Å². The van der Waals surface area contributed by atoms with E-state index in [1.807, 2.05) is 18.3 Å². The fraction of sp³-hybridized carbons (Fsp3) is 0.273. The molecule has 1 fully saturated rings. The number of pyridine rings is 1. The van der Waals surface area contributed by atoms with Gasteiger partial charge in [-0.25, -0.2) is 4.98 Å². The zero-order valence-electron chi connectivity index (χ0n) is 44.2. The van der Waals surface area contributed by atoms with E-state index in [9.17, 15) is 0 Å². The third kappa shape index (κ3) is 8.26. The molecule has 5 heterocycles. The van der Waals surface area contributed by atoms with Crippen molar-refractivity contribution < 1.29 is 25.8 Å². The summed E-state index contributed by atoms with van der Waals surface area (Å²) < 4.78 is 10.3. The van der Waals surface area contributed by atoms with E-state index in [1.54, 1.807) is 0 Å². The van der Waals surface area contributed by atoms with Gasteiger partial charge in [0.2, 0.25) is 0 Å². The van der Waals surface area contributed by atoms with Gasteiger partial charge in [0.15, 0.2) is 18.0 Å². The van der Waals surface area contributed by atoms with E-state index < -0.39 is 0 Å². The Morgan fingerprint density at radius 3 is 1.85 bits per heavy atom. The van der Waals surface area contributed by atoms with Crippen LogP contribution in [0.5, 0.6) is 11.5 Å². The van der Waals surface area contributed by atoms with Crippen LogP contribution in [-0.2, 0) is 42.7 Å². The molecule has 9 aromatic rings. The first kappa shape index (κ1) is 49.5. The summed E-state index contributed by atoms with van der Waals surface area (Å²) in [7, 11) is 0. The van der Waals surface area contributed by atoms with E-state index in [4.69, 9.17) is 9.72 Å². The number of rotatable bonds is 7. The molecule has 0 N–H and O–H groups in total. The summed E-state index contributed by atoms with van der Waals surface area (Å²) in [6.07, 6.45) is 2.01. The molecule has 0 saturated carbocycles. The summed E-state index contributed by atoms with van der Waals surface area (Å²) in [6.45, 7) is 33.1. The maximum absolute atomic E-state index is 6.84. The first-order chi connectivity index (χ1) is 33.5. The Morgan fingerprint density at radius 2 is 1.18 bits per heavy atom. The van der Waals surface area contributed by atoms with Crippen molar-refractivity contribution in [3.05, 3.63) is 198 Å². The van der Waals surface area contributed by atoms with Gasteiger partial charge >= 0.3 is 0 Å². The van der Waals surface area contributed by atoms with E-state index in [0.29, 0.717) is 20.5 Å². The predicted molar refractivity (Wildman–Crippen MR) is 298 cm³/mol. The second-order valence-electron chi connectivity index (χ2n) is 24.4. The topological polar surface area (TPSA) is 27.1 Å². The molecule has 6 heteroatoms. The summed E-state index contributed by atoms with van der Waals surface area (Å²) in [5.41, 5.74) is 18.3. The fourth-order valence-corrected chi connectivity index (χ4v) is 11.0. The van der Waals surface area contributed by atoms with Crippen LogP contribution < -0.4 is 13.7 Å². The molecule has 2 bridgehead atoms. The third-order valence-electron chi connectivity index (χ3n) is 15.2. The van der Waals surface area contributed by atoms with Crippen LogP contribution in [0.3, 0.4) is 0 Å². The van der Waals surface area contributed by atoms with Gasteiger partial charge < -0.3 is 13.8 Å². The number of ether oxygens (including phenoxy) is 1. The van der Waals surface area contributed by atoms with Gasteiger partial charge in [-0.2, -0.15) is 12.1 Å². The smallest absolute Gasteiger partial charge is 0.187 e. The van der Waals surface area contributed by atoms with E-state index in [2.05, 4.69) is 247 Å². The number of para-hydroxylation sites is 2. The number of hydrogen-bond acceptors (Lipinski definition) is 2. The molecule has 0 spiro atoms. The molecule has 3 aliphatic heterocycles. The number of hydrogen-bond donors (Lipinski definition) is 0. The zero-order chi connectivity index (χ0) is 50.0. The molecule has 0 radical (unpaired) electrons. The Labute approximate surface area is 442 Å². The average Bonchev–Trinajstić information content (AvgIpc) is 3.92. The summed E-state index contributed by atoms with van der Waals surface area (Å²) in [5, 5.41) is 2.24. The van der Waals surface area contributed by atoms with Crippen LogP contribution in [0.15, 0.2) is 152 Å². The molecule has 12 rings (SSSR count). The van der Waals surface area contributed by atoms with Gasteiger partial charge in [-0.1, -0.05) is 174 Å². The van der Waals surface area contributed by atoms with Crippen molar-refractivity contribution in [2.24, 2.45) is 0 Å². The molecule has 7 aromatic carbocycles. The van der Waals surface area contributed by atoms with Gasteiger partial charge in [-0.3, -0.25) is 4.48 Å². The third-order valence-corrected chi connectivity index (χ3v) is 15.2. The molecule has 2 aromatic heterocycles. The van der Waals surface area contributed by atoms with Crippen molar-refractivity contribution in [3.63, 3.8) is 0 Å². The van der Waals surface area contributed by atoms with E-state index in [-0.39, 0.29) is 42.7 Å². The maximum Gasteiger partial charge on any atom is 0.187 e. The van der Waals surface area contributed by atoms with Gasteiger partial charge in [-0.15, -0.1) is 29.7 Å². The molecule has 0 unspecified atom stereocenters. The van der Waals surface area contributed by atoms with Crippen LogP contribution in [0.1, 0.15) is 111 Å². The SMILES string of the molecule is Cc1cc(-n2c3[c-]c(Oc4[c-]c([N@@+]56[CH-][N@@+](c7cc(C(C)(C)C)cc(C(C)(C)C)c7)(C5)c5c(-c7cccc(C(C)(C)C)c7)cccc56)ccc4)ccc3c3ccccc32)ncc1-c1ccc(C(C)(C)C)cc1.[Pt]. The predicted octanol–water partition coefficient (Wildman–Crippen LogP) is 17.8. The van der Waals surface area contributed by atoms with Crippen molar-refractivity contribution in [1.29, 1.82) is 0 Å². The monoisotopic (exact) mass is 1130 g/mol. The molecule has 1 saturated heterocycles. The van der Waals surface area contributed by atoms with Crippen LogP contribution in [0, 0.1) is 25.7 Å². The number of quaternary nitrogens is 2. The summed E-state index contributed by atoms with van der Waals surface area (Å²) in [5.74, 6) is 2.11. The number of benzene rings is 7. The van der Waals surface area contributed by atoms with Crippen molar-refractivity contribution in [3.8, 4) is 39.6 Å². The van der Waals surface area contributed by atoms with Gasteiger partial charge in [-0.05, 0) is 91.1 Å². The minimum atomic E-state index is -0.0262. The number of aromatic nitrogens is 2. The quantitative estimate of drug-likeness (QED) is 0.117. The van der Waals surface area contributed by atoms with Gasteiger partial charge in [0, 0.05) is 79.3 Å². The second-order valence-corrected chi connectivity index (χ2v) is 24.4. The largest absolute Gasteiger partial charge is 0.509 e. The minimum Gasteiger partial charge on any atom is -0.509 e. The maximum atomic E-state index is 6.84. The van der Waals surface area contributed by atoms with Gasteiger partial charge in [0.25, 0.3) is 0 Å². The van der Waals surface area contributed by atoms with Crippen LogP contribution in [0.4, 0.5) is 22.7 Å². The van der Waals surface area contributed by atoms with Crippen molar-refractivity contribution in [2.45, 2.75) is 112 Å². The van der Waals surface area contributed by atoms with E-state index >= 15 is 0 Å². The van der Waals surface area contributed by atoms with Crippen molar-refractivity contribution in [1.82, 2.24) is 18.5 Å². The van der Waals surface area contributed by atoms with E-state index in [1.165, 1.54) is 50.4 Å². The number of aryl methyl sites for hydroxylation is 1. The average molecular weight is 1130 g/mol. The molecular formula is C66H67N4OPt-. The summed E-state index contributed by atoms with van der Waals surface area (Å²) in [6, 6.07) is 61.2. The Hall–Kier alpha value is -6.10. The summed E-state index contributed by atoms with van der Waals surface area (Å²) >= 11 is 0. The molecule has 0 amide bonds. The molecular weight excluding hydrogens is 1060 g/mol. The number of nitrogens with zero attached hydrogens (tertiary/aromatic N) is 4.